The van der Waals surface area contributed by atoms with Gasteiger partial charge in [-0.3, -0.25) is 4.79 Å². The van der Waals surface area contributed by atoms with Crippen LogP contribution in [0.5, 0.6) is 0 Å². The molecule has 1 amide bonds. The van der Waals surface area contributed by atoms with Crippen LogP contribution in [0.1, 0.15) is 38.1 Å². The van der Waals surface area contributed by atoms with Gasteiger partial charge in [-0.1, -0.05) is 32.0 Å². The van der Waals surface area contributed by atoms with Gasteiger partial charge >= 0.3 is 0 Å². The molecule has 0 radical (unpaired) electrons. The number of carbonyl (C=O) groups excluding carboxylic acids is 1. The van der Waals surface area contributed by atoms with E-state index >= 15 is 0 Å². The van der Waals surface area contributed by atoms with Gasteiger partial charge in [0.15, 0.2) is 0 Å². The number of aryl methyl sites for hydroxylation is 1. The van der Waals surface area contributed by atoms with E-state index in [4.69, 9.17) is 10.2 Å². The molecule has 0 spiro atoms. The summed E-state index contributed by atoms with van der Waals surface area (Å²) in [6.07, 6.45) is 1.85. The Hall–Kier alpha value is -1.56. The Kier molecular flexibility index (Phi) is 9.78. The lowest BCUT2D eigenvalue weighted by Gasteiger charge is -2.26. The first-order valence-electron chi connectivity index (χ1n) is 8.04. The average Bonchev–Trinajstić information content (AvgIpc) is 2.94. The molecule has 0 saturated carbocycles. The maximum Gasteiger partial charge on any atom is 0.226 e. The van der Waals surface area contributed by atoms with Gasteiger partial charge in [-0.2, -0.15) is 0 Å². The summed E-state index contributed by atoms with van der Waals surface area (Å²) in [5.74, 6) is 1.13. The van der Waals surface area contributed by atoms with Crippen molar-refractivity contribution in [3.05, 3.63) is 41.8 Å². The van der Waals surface area contributed by atoms with Gasteiger partial charge in [0.25, 0.3) is 0 Å². The highest BCUT2D eigenvalue weighted by Crippen LogP contribution is 2.21. The monoisotopic (exact) mass is 387 g/mol. The molecule has 0 bridgehead atoms. The number of aromatic nitrogens is 1. The molecule has 25 heavy (non-hydrogen) atoms. The number of halogens is 2. The summed E-state index contributed by atoms with van der Waals surface area (Å²) in [5, 5.41) is 2.90. The van der Waals surface area contributed by atoms with E-state index in [0.29, 0.717) is 23.9 Å². The Bertz CT molecular complexity index is 656. The Morgan fingerprint density at radius 1 is 1.20 bits per heavy atom. The van der Waals surface area contributed by atoms with Crippen molar-refractivity contribution in [2.24, 2.45) is 5.73 Å². The normalized spacial score (nSPS) is 10.6. The predicted octanol–water partition coefficient (Wildman–Crippen LogP) is 3.67. The second kappa shape index (κ2) is 10.4. The van der Waals surface area contributed by atoms with Crippen LogP contribution in [0.15, 0.2) is 34.7 Å². The molecular weight excluding hydrogens is 361 g/mol. The summed E-state index contributed by atoms with van der Waals surface area (Å²) in [5.41, 5.74) is 7.42. The van der Waals surface area contributed by atoms with Gasteiger partial charge in [0.05, 0.1) is 12.1 Å². The predicted molar refractivity (Wildman–Crippen MR) is 105 cm³/mol. The number of amides is 1. The van der Waals surface area contributed by atoms with E-state index in [1.54, 1.807) is 0 Å². The number of nitrogens with one attached hydrogen (secondary N) is 1. The molecule has 0 aliphatic rings. The first-order valence-corrected chi connectivity index (χ1v) is 8.04. The summed E-state index contributed by atoms with van der Waals surface area (Å²) in [7, 11) is 0. The second-order valence-electron chi connectivity index (χ2n) is 5.91. The van der Waals surface area contributed by atoms with Crippen LogP contribution in [-0.4, -0.2) is 23.0 Å². The zero-order chi connectivity index (χ0) is 16.9. The van der Waals surface area contributed by atoms with Crippen molar-refractivity contribution in [1.82, 2.24) is 10.3 Å². The van der Waals surface area contributed by atoms with Crippen LogP contribution in [0.25, 0.3) is 11.5 Å². The lowest BCUT2D eigenvalue weighted by molar-refractivity contribution is -0.120. The van der Waals surface area contributed by atoms with Crippen LogP contribution in [0.3, 0.4) is 0 Å². The molecule has 0 atom stereocenters. The van der Waals surface area contributed by atoms with E-state index in [0.717, 1.165) is 18.4 Å². The van der Waals surface area contributed by atoms with E-state index < -0.39 is 0 Å². The summed E-state index contributed by atoms with van der Waals surface area (Å²) >= 11 is 0. The number of nitrogens with zero attached hydrogens (tertiary/aromatic N) is 1. The first kappa shape index (κ1) is 23.4. The fourth-order valence-electron chi connectivity index (χ4n) is 2.29. The quantitative estimate of drug-likeness (QED) is 0.758. The zero-order valence-corrected chi connectivity index (χ0v) is 16.5. The second-order valence-corrected chi connectivity index (χ2v) is 5.91. The third-order valence-corrected chi connectivity index (χ3v) is 4.29. The molecule has 1 aromatic heterocycles. The molecule has 0 aliphatic heterocycles. The lowest BCUT2D eigenvalue weighted by Crippen LogP contribution is -2.49. The van der Waals surface area contributed by atoms with Crippen LogP contribution in [0.4, 0.5) is 0 Å². The Labute approximate surface area is 161 Å². The summed E-state index contributed by atoms with van der Waals surface area (Å²) < 4.78 is 5.67. The highest BCUT2D eigenvalue weighted by atomic mass is 35.5. The Morgan fingerprint density at radius 3 is 2.36 bits per heavy atom. The van der Waals surface area contributed by atoms with Crippen molar-refractivity contribution in [3.8, 4) is 11.5 Å². The molecule has 1 aromatic carbocycles. The first-order chi connectivity index (χ1) is 11.0. The maximum absolute atomic E-state index is 12.1. The maximum atomic E-state index is 12.1. The minimum Gasteiger partial charge on any atom is -0.441 e. The molecule has 5 nitrogen and oxygen atoms in total. The van der Waals surface area contributed by atoms with Crippen LogP contribution in [-0.2, 0) is 11.2 Å². The number of hydrogen-bond donors (Lipinski definition) is 2. The highest BCUT2D eigenvalue weighted by molar-refractivity contribution is 5.85. The molecule has 140 valence electrons. The minimum atomic E-state index is -0.344. The van der Waals surface area contributed by atoms with Gasteiger partial charge in [-0.15, -0.1) is 24.8 Å². The smallest absolute Gasteiger partial charge is 0.226 e. The van der Waals surface area contributed by atoms with Crippen LogP contribution < -0.4 is 11.1 Å². The number of hydrogen-bond acceptors (Lipinski definition) is 4. The fraction of sp³-hybridized carbons (Fsp3) is 0.444. The van der Waals surface area contributed by atoms with Crippen LogP contribution in [0, 0.1) is 6.92 Å². The molecule has 0 unspecified atom stereocenters. The third kappa shape index (κ3) is 6.34. The highest BCUT2D eigenvalue weighted by Gasteiger charge is 2.21. The van der Waals surface area contributed by atoms with Gasteiger partial charge in [0.1, 0.15) is 5.76 Å². The topological polar surface area (TPSA) is 81.1 Å². The lowest BCUT2D eigenvalue weighted by atomic mass is 9.94. The van der Waals surface area contributed by atoms with Gasteiger partial charge in [0, 0.05) is 17.6 Å². The van der Waals surface area contributed by atoms with Gasteiger partial charge in [-0.25, -0.2) is 4.98 Å². The zero-order valence-electron chi connectivity index (χ0n) is 14.9. The summed E-state index contributed by atoms with van der Waals surface area (Å²) in [6.45, 7) is 6.36. The number of oxazole rings is 1. The van der Waals surface area contributed by atoms with E-state index in [1.807, 2.05) is 51.1 Å². The molecule has 2 rings (SSSR count). The Morgan fingerprint density at radius 2 is 1.80 bits per heavy atom. The number of carbonyl (C=O) groups is 1. The van der Waals surface area contributed by atoms with Crippen molar-refractivity contribution in [1.29, 1.82) is 0 Å². The molecule has 3 N–H and O–H groups in total. The molecule has 0 fully saturated rings. The molecular formula is C18H27Cl2N3O2. The molecule has 0 saturated heterocycles. The van der Waals surface area contributed by atoms with E-state index in [-0.39, 0.29) is 42.7 Å². The third-order valence-electron chi connectivity index (χ3n) is 4.29. The minimum absolute atomic E-state index is 0. The van der Waals surface area contributed by atoms with E-state index in [2.05, 4.69) is 10.3 Å². The van der Waals surface area contributed by atoms with Crippen molar-refractivity contribution < 1.29 is 9.21 Å². The van der Waals surface area contributed by atoms with E-state index in [9.17, 15) is 4.79 Å². The van der Waals surface area contributed by atoms with Gasteiger partial charge < -0.3 is 15.5 Å². The largest absolute Gasteiger partial charge is 0.441 e. The molecule has 7 heteroatoms. The number of nitrogens with two attached hydrogens (primary N) is 1. The van der Waals surface area contributed by atoms with Crippen molar-refractivity contribution in [3.63, 3.8) is 0 Å². The average molecular weight is 388 g/mol. The van der Waals surface area contributed by atoms with E-state index in [1.165, 1.54) is 0 Å². The Balaban J connectivity index is 0.00000288. The van der Waals surface area contributed by atoms with Crippen molar-refractivity contribution in [2.45, 2.75) is 45.6 Å². The van der Waals surface area contributed by atoms with Gasteiger partial charge in [-0.05, 0) is 31.9 Å². The number of rotatable bonds is 7. The number of benzene rings is 1. The standard InChI is InChI=1S/C18H25N3O2.2ClH/c1-4-18(19,5-2)12-20-16(22)11-15-13(3)23-17(21-15)14-9-7-6-8-10-14;;/h6-10H,4-5,11-12,19H2,1-3H3,(H,20,22);2*1H. The summed E-state index contributed by atoms with van der Waals surface area (Å²) in [6, 6.07) is 9.66. The fourth-order valence-corrected chi connectivity index (χ4v) is 2.29. The molecule has 0 aliphatic carbocycles. The summed E-state index contributed by atoms with van der Waals surface area (Å²) in [4.78, 5) is 16.6. The molecule has 2 aromatic rings. The van der Waals surface area contributed by atoms with Crippen molar-refractivity contribution >= 4 is 30.7 Å². The van der Waals surface area contributed by atoms with Crippen LogP contribution >= 0.6 is 24.8 Å². The van der Waals surface area contributed by atoms with Crippen LogP contribution in [0.2, 0.25) is 0 Å². The van der Waals surface area contributed by atoms with Crippen molar-refractivity contribution in [2.75, 3.05) is 6.54 Å². The SMILES string of the molecule is CCC(N)(CC)CNC(=O)Cc1nc(-c2ccccc2)oc1C.Cl.Cl. The van der Waals surface area contributed by atoms with Gasteiger partial charge in [0.2, 0.25) is 11.8 Å². The molecule has 1 heterocycles.